The van der Waals surface area contributed by atoms with E-state index >= 15 is 0 Å². The lowest BCUT2D eigenvalue weighted by Crippen LogP contribution is -2.30. The molecule has 1 saturated heterocycles. The van der Waals surface area contributed by atoms with Gasteiger partial charge in [-0.05, 0) is 31.7 Å². The predicted molar refractivity (Wildman–Crippen MR) is 81.5 cm³/mol. The van der Waals surface area contributed by atoms with Crippen molar-refractivity contribution in [3.8, 4) is 0 Å². The summed E-state index contributed by atoms with van der Waals surface area (Å²) in [6.45, 7) is 9.42. The summed E-state index contributed by atoms with van der Waals surface area (Å²) in [6.07, 6.45) is 2.61. The Hall–Kier alpha value is -0.520. The zero-order valence-corrected chi connectivity index (χ0v) is 14.1. The average Bonchev–Trinajstić information content (AvgIpc) is 2.92. The highest BCUT2D eigenvalue weighted by Gasteiger charge is 2.37. The molecule has 2 heterocycles. The lowest BCUT2D eigenvalue weighted by molar-refractivity contribution is 0.375. The lowest BCUT2D eigenvalue weighted by Gasteiger charge is -2.19. The van der Waals surface area contributed by atoms with Gasteiger partial charge in [-0.15, -0.1) is 11.6 Å². The van der Waals surface area contributed by atoms with Gasteiger partial charge in [-0.25, -0.2) is 8.42 Å². The molecule has 0 N–H and O–H groups in total. The van der Waals surface area contributed by atoms with Gasteiger partial charge in [-0.1, -0.05) is 13.8 Å². The van der Waals surface area contributed by atoms with Crippen molar-refractivity contribution in [2.75, 3.05) is 13.1 Å². The normalized spacial score (nSPS) is 19.9. The highest BCUT2D eigenvalue weighted by atomic mass is 35.5. The average molecular weight is 319 g/mol. The second-order valence-electron chi connectivity index (χ2n) is 6.55. The van der Waals surface area contributed by atoms with Crippen LogP contribution in [0.1, 0.15) is 45.9 Å². The van der Waals surface area contributed by atoms with Gasteiger partial charge in [0.15, 0.2) is 0 Å². The highest BCUT2D eigenvalue weighted by Crippen LogP contribution is 2.33. The van der Waals surface area contributed by atoms with E-state index in [2.05, 4.69) is 13.8 Å². The Morgan fingerprint density at radius 3 is 2.45 bits per heavy atom. The van der Waals surface area contributed by atoms with Gasteiger partial charge in [0, 0.05) is 31.0 Å². The van der Waals surface area contributed by atoms with Crippen LogP contribution in [-0.4, -0.2) is 30.4 Å². The van der Waals surface area contributed by atoms with Gasteiger partial charge >= 0.3 is 0 Å². The first-order chi connectivity index (χ1) is 9.17. The first-order valence-corrected chi connectivity index (χ1v) is 8.92. The van der Waals surface area contributed by atoms with E-state index < -0.39 is 10.0 Å². The summed E-state index contributed by atoms with van der Waals surface area (Å²) in [5, 5.41) is 0. The zero-order valence-electron chi connectivity index (χ0n) is 12.6. The molecule has 0 aromatic carbocycles. The summed E-state index contributed by atoms with van der Waals surface area (Å²) in [6, 6.07) is 1.90. The van der Waals surface area contributed by atoms with E-state index in [9.17, 15) is 8.42 Å². The first-order valence-electron chi connectivity index (χ1n) is 6.94. The molecular weight excluding hydrogens is 296 g/mol. The van der Waals surface area contributed by atoms with Crippen LogP contribution in [0.25, 0.3) is 0 Å². The third-order valence-corrected chi connectivity index (χ3v) is 5.96. The Morgan fingerprint density at radius 2 is 2.05 bits per heavy atom. The predicted octanol–water partition coefficient (Wildman–Crippen LogP) is 3.23. The van der Waals surface area contributed by atoms with Crippen molar-refractivity contribution in [3.05, 3.63) is 18.0 Å². The Balaban J connectivity index is 2.36. The molecule has 0 bridgehead atoms. The van der Waals surface area contributed by atoms with E-state index in [1.165, 1.54) is 0 Å². The van der Waals surface area contributed by atoms with Crippen LogP contribution in [0.4, 0.5) is 0 Å². The Morgan fingerprint density at radius 1 is 1.40 bits per heavy atom. The number of hydrogen-bond acceptors (Lipinski definition) is 2. The second-order valence-corrected chi connectivity index (χ2v) is 8.76. The van der Waals surface area contributed by atoms with E-state index in [1.807, 2.05) is 18.4 Å². The van der Waals surface area contributed by atoms with E-state index in [0.717, 1.165) is 12.1 Å². The van der Waals surface area contributed by atoms with Gasteiger partial charge in [0.2, 0.25) is 10.0 Å². The number of alkyl halides is 1. The van der Waals surface area contributed by atoms with Crippen molar-refractivity contribution in [3.63, 3.8) is 0 Å². The summed E-state index contributed by atoms with van der Waals surface area (Å²) in [5.41, 5.74) is 0.905. The topological polar surface area (TPSA) is 42.3 Å². The van der Waals surface area contributed by atoms with Crippen LogP contribution in [0.2, 0.25) is 0 Å². The fourth-order valence-electron chi connectivity index (χ4n) is 2.64. The standard InChI is InChI=1S/C14H23ClN2O2S/c1-11(2)17-9-13(7-12(17)8-15)20(18,19)16-6-5-14(3,4)10-16/h7,9,11H,5-6,8,10H2,1-4H3. The van der Waals surface area contributed by atoms with E-state index in [4.69, 9.17) is 11.6 Å². The first kappa shape index (κ1) is 15.9. The van der Waals surface area contributed by atoms with Crippen molar-refractivity contribution >= 4 is 21.6 Å². The Kier molecular flexibility index (Phi) is 4.24. The van der Waals surface area contributed by atoms with Crippen molar-refractivity contribution in [1.29, 1.82) is 0 Å². The van der Waals surface area contributed by atoms with Crippen LogP contribution in [0.3, 0.4) is 0 Å². The van der Waals surface area contributed by atoms with Gasteiger partial charge in [0.05, 0.1) is 5.88 Å². The summed E-state index contributed by atoms with van der Waals surface area (Å²) in [4.78, 5) is 0.361. The fourth-order valence-corrected chi connectivity index (χ4v) is 4.54. The third-order valence-electron chi connectivity index (χ3n) is 3.88. The van der Waals surface area contributed by atoms with Gasteiger partial charge in [0.1, 0.15) is 4.90 Å². The van der Waals surface area contributed by atoms with E-state index in [-0.39, 0.29) is 11.5 Å². The molecule has 0 atom stereocenters. The van der Waals surface area contributed by atoms with Crippen molar-refractivity contribution in [1.82, 2.24) is 8.87 Å². The summed E-state index contributed by atoms with van der Waals surface area (Å²) >= 11 is 5.92. The molecular formula is C14H23ClN2O2S. The SMILES string of the molecule is CC(C)n1cc(S(=O)(=O)N2CCC(C)(C)C2)cc1CCl. The number of aromatic nitrogens is 1. The van der Waals surface area contributed by atoms with Crippen molar-refractivity contribution in [2.45, 2.75) is 50.9 Å². The molecule has 0 saturated carbocycles. The molecule has 1 aromatic heterocycles. The number of nitrogens with zero attached hydrogens (tertiary/aromatic N) is 2. The van der Waals surface area contributed by atoms with Gasteiger partial charge in [-0.2, -0.15) is 4.31 Å². The van der Waals surface area contributed by atoms with Gasteiger partial charge < -0.3 is 4.57 Å². The van der Waals surface area contributed by atoms with E-state index in [0.29, 0.717) is 23.9 Å². The molecule has 114 valence electrons. The summed E-state index contributed by atoms with van der Waals surface area (Å²) in [5.74, 6) is 0.319. The van der Waals surface area contributed by atoms with Crippen molar-refractivity contribution in [2.24, 2.45) is 5.41 Å². The van der Waals surface area contributed by atoms with Crippen LogP contribution >= 0.6 is 11.6 Å². The van der Waals surface area contributed by atoms with Crippen LogP contribution in [-0.2, 0) is 15.9 Å². The van der Waals surface area contributed by atoms with Gasteiger partial charge in [0.25, 0.3) is 0 Å². The Bertz CT molecular complexity index is 590. The molecule has 0 radical (unpaired) electrons. The monoisotopic (exact) mass is 318 g/mol. The fraction of sp³-hybridized carbons (Fsp3) is 0.714. The molecule has 0 amide bonds. The molecule has 0 unspecified atom stereocenters. The van der Waals surface area contributed by atoms with Crippen molar-refractivity contribution < 1.29 is 8.42 Å². The number of sulfonamides is 1. The van der Waals surface area contributed by atoms with Gasteiger partial charge in [-0.3, -0.25) is 0 Å². The maximum Gasteiger partial charge on any atom is 0.244 e. The van der Waals surface area contributed by atoms with E-state index in [1.54, 1.807) is 16.6 Å². The molecule has 1 aromatic rings. The summed E-state index contributed by atoms with van der Waals surface area (Å²) in [7, 11) is -3.40. The smallest absolute Gasteiger partial charge is 0.244 e. The minimum atomic E-state index is -3.40. The minimum Gasteiger partial charge on any atom is -0.346 e. The number of rotatable bonds is 4. The molecule has 4 nitrogen and oxygen atoms in total. The largest absolute Gasteiger partial charge is 0.346 e. The molecule has 1 aliphatic rings. The highest BCUT2D eigenvalue weighted by molar-refractivity contribution is 7.89. The number of hydrogen-bond donors (Lipinski definition) is 0. The minimum absolute atomic E-state index is 0.0585. The maximum atomic E-state index is 12.7. The molecule has 6 heteroatoms. The van der Waals surface area contributed by atoms with Crippen LogP contribution in [0.5, 0.6) is 0 Å². The molecule has 1 fully saturated rings. The lowest BCUT2D eigenvalue weighted by atomic mass is 9.93. The molecule has 0 spiro atoms. The van der Waals surface area contributed by atoms with Crippen LogP contribution < -0.4 is 0 Å². The molecule has 20 heavy (non-hydrogen) atoms. The maximum absolute atomic E-state index is 12.7. The molecule has 0 aliphatic carbocycles. The Labute approximate surface area is 126 Å². The molecule has 2 rings (SSSR count). The third kappa shape index (κ3) is 2.90. The van der Waals surface area contributed by atoms with Crippen LogP contribution in [0.15, 0.2) is 17.2 Å². The number of halogens is 1. The summed E-state index contributed by atoms with van der Waals surface area (Å²) < 4.78 is 28.9. The van der Waals surface area contributed by atoms with Crippen LogP contribution in [0, 0.1) is 5.41 Å². The quantitative estimate of drug-likeness (QED) is 0.800. The second kappa shape index (κ2) is 5.35. The molecule has 1 aliphatic heterocycles. The zero-order chi connectivity index (χ0) is 15.1.